The molecule has 160 valence electrons. The molecule has 3 aromatic rings. The summed E-state index contributed by atoms with van der Waals surface area (Å²) in [6.07, 6.45) is 5.39. The summed E-state index contributed by atoms with van der Waals surface area (Å²) in [6, 6.07) is 26.4. The van der Waals surface area contributed by atoms with Gasteiger partial charge in [0.1, 0.15) is 11.9 Å². The van der Waals surface area contributed by atoms with E-state index in [4.69, 9.17) is 0 Å². The van der Waals surface area contributed by atoms with Gasteiger partial charge in [-0.15, -0.1) is 5.10 Å². The van der Waals surface area contributed by atoms with Gasteiger partial charge in [0.2, 0.25) is 0 Å². The normalized spacial score (nSPS) is 12.9. The second-order valence-electron chi connectivity index (χ2n) is 7.77. The number of alkyl halides is 1. The molecule has 3 rings (SSSR count). The monoisotopic (exact) mass is 414 g/mol. The largest absolute Gasteiger partial charge is 0.247 e. The van der Waals surface area contributed by atoms with Crippen LogP contribution >= 0.6 is 0 Å². The van der Waals surface area contributed by atoms with Gasteiger partial charge >= 0.3 is 0 Å². The molecule has 1 atom stereocenters. The first-order chi connectivity index (χ1) is 15.2. The van der Waals surface area contributed by atoms with Crippen LogP contribution in [0.4, 0.5) is 4.39 Å². The van der Waals surface area contributed by atoms with E-state index < -0.39 is 6.17 Å². The molecule has 0 aliphatic carbocycles. The van der Waals surface area contributed by atoms with Crippen LogP contribution in [0.1, 0.15) is 60.9 Å². The number of benzene rings is 3. The lowest BCUT2D eigenvalue weighted by atomic mass is 9.99. The van der Waals surface area contributed by atoms with Gasteiger partial charge in [-0.05, 0) is 36.0 Å². The maximum Gasteiger partial charge on any atom is 0.104 e. The Labute approximate surface area is 185 Å². The van der Waals surface area contributed by atoms with Crippen LogP contribution < -0.4 is 0 Å². The lowest BCUT2D eigenvalue weighted by Gasteiger charge is -2.09. The fourth-order valence-electron chi connectivity index (χ4n) is 3.48. The van der Waals surface area contributed by atoms with Crippen LogP contribution in [0.25, 0.3) is 0 Å². The molecular weight excluding hydrogens is 383 g/mol. The molecule has 0 aromatic heterocycles. The molecule has 0 radical (unpaired) electrons. The minimum absolute atomic E-state index is 0.446. The summed E-state index contributed by atoms with van der Waals surface area (Å²) in [6.45, 7) is 4.08. The van der Waals surface area contributed by atoms with E-state index in [1.54, 1.807) is 0 Å². The second kappa shape index (κ2) is 11.9. The standard InChI is InChI=1S/C28H31FN2/c1-3-5-11-23-12-9-10-15-26(23)21-30-31-28(24-13-7-6-8-14-24)25-18-16-22(17-19-25)20-27(29)4-2/h6-10,12-19,21,27H,3-5,11,20H2,1-2H3. The fourth-order valence-corrected chi connectivity index (χ4v) is 3.48. The van der Waals surface area contributed by atoms with Gasteiger partial charge in [-0.25, -0.2) is 4.39 Å². The number of aryl methyl sites for hydroxylation is 1. The number of nitrogens with zero attached hydrogens (tertiary/aromatic N) is 2. The maximum absolute atomic E-state index is 13.7. The molecular formula is C28H31FN2. The Morgan fingerprint density at radius 2 is 1.55 bits per heavy atom. The van der Waals surface area contributed by atoms with Crippen LogP contribution in [0.2, 0.25) is 0 Å². The van der Waals surface area contributed by atoms with Gasteiger partial charge in [0.15, 0.2) is 0 Å². The van der Waals surface area contributed by atoms with Gasteiger partial charge in [0.05, 0.1) is 6.21 Å². The Balaban J connectivity index is 1.89. The molecule has 1 unspecified atom stereocenters. The molecule has 31 heavy (non-hydrogen) atoms. The summed E-state index contributed by atoms with van der Waals surface area (Å²) in [4.78, 5) is 0. The zero-order valence-electron chi connectivity index (χ0n) is 18.5. The summed E-state index contributed by atoms with van der Waals surface area (Å²) in [5.74, 6) is 0. The van der Waals surface area contributed by atoms with Crippen LogP contribution in [-0.4, -0.2) is 18.1 Å². The lowest BCUT2D eigenvalue weighted by Crippen LogP contribution is -2.05. The van der Waals surface area contributed by atoms with Gasteiger partial charge < -0.3 is 0 Å². The highest BCUT2D eigenvalue weighted by Crippen LogP contribution is 2.16. The molecule has 0 bridgehead atoms. The number of hydrogen-bond donors (Lipinski definition) is 0. The first-order valence-corrected chi connectivity index (χ1v) is 11.2. The molecule has 3 heteroatoms. The van der Waals surface area contributed by atoms with Crippen molar-refractivity contribution in [3.05, 3.63) is 107 Å². The summed E-state index contributed by atoms with van der Waals surface area (Å²) in [7, 11) is 0. The molecule has 0 heterocycles. The van der Waals surface area contributed by atoms with E-state index in [9.17, 15) is 4.39 Å². The van der Waals surface area contributed by atoms with E-state index >= 15 is 0 Å². The predicted molar refractivity (Wildman–Crippen MR) is 130 cm³/mol. The van der Waals surface area contributed by atoms with Gasteiger partial charge in [-0.3, -0.25) is 0 Å². The minimum atomic E-state index is -0.800. The predicted octanol–water partition coefficient (Wildman–Crippen LogP) is 7.19. The van der Waals surface area contributed by atoms with Gasteiger partial charge in [0, 0.05) is 17.5 Å². The number of rotatable bonds is 10. The van der Waals surface area contributed by atoms with E-state index in [2.05, 4.69) is 35.3 Å². The Bertz CT molecular complexity index is 991. The third-order valence-corrected chi connectivity index (χ3v) is 5.38. The molecule has 0 amide bonds. The second-order valence-corrected chi connectivity index (χ2v) is 7.77. The van der Waals surface area contributed by atoms with Gasteiger partial charge in [0.25, 0.3) is 0 Å². The third kappa shape index (κ3) is 6.71. The highest BCUT2D eigenvalue weighted by atomic mass is 19.1. The van der Waals surface area contributed by atoms with Crippen molar-refractivity contribution in [1.82, 2.24) is 0 Å². The van der Waals surface area contributed by atoms with Crippen LogP contribution in [0.5, 0.6) is 0 Å². The fraction of sp³-hybridized carbons (Fsp3) is 0.286. The van der Waals surface area contributed by atoms with Crippen molar-refractivity contribution in [3.8, 4) is 0 Å². The van der Waals surface area contributed by atoms with Crippen molar-refractivity contribution in [2.24, 2.45) is 10.2 Å². The maximum atomic E-state index is 13.7. The summed E-state index contributed by atoms with van der Waals surface area (Å²) < 4.78 is 13.7. The highest BCUT2D eigenvalue weighted by Gasteiger charge is 2.09. The molecule has 0 saturated heterocycles. The first-order valence-electron chi connectivity index (χ1n) is 11.2. The van der Waals surface area contributed by atoms with Crippen LogP contribution in [-0.2, 0) is 12.8 Å². The zero-order valence-corrected chi connectivity index (χ0v) is 18.5. The first kappa shape index (κ1) is 22.6. The summed E-state index contributed by atoms with van der Waals surface area (Å²) in [5.41, 5.74) is 6.18. The SMILES string of the molecule is CCCCc1ccccc1C=NN=C(c1ccccc1)c1ccc(CC(F)CC)cc1. The molecule has 0 aliphatic rings. The van der Waals surface area contributed by atoms with Crippen molar-refractivity contribution >= 4 is 11.9 Å². The molecule has 0 spiro atoms. The van der Waals surface area contributed by atoms with Crippen molar-refractivity contribution in [3.63, 3.8) is 0 Å². The van der Waals surface area contributed by atoms with E-state index in [1.165, 1.54) is 12.0 Å². The lowest BCUT2D eigenvalue weighted by molar-refractivity contribution is 0.323. The van der Waals surface area contributed by atoms with Crippen molar-refractivity contribution < 1.29 is 4.39 Å². The Morgan fingerprint density at radius 1 is 0.871 bits per heavy atom. The number of halogens is 1. The Kier molecular flexibility index (Phi) is 8.71. The highest BCUT2D eigenvalue weighted by molar-refractivity contribution is 6.13. The molecule has 0 aliphatic heterocycles. The van der Waals surface area contributed by atoms with Crippen molar-refractivity contribution in [1.29, 1.82) is 0 Å². The van der Waals surface area contributed by atoms with Gasteiger partial charge in [-0.2, -0.15) is 5.10 Å². The summed E-state index contributed by atoms with van der Waals surface area (Å²) in [5, 5.41) is 9.05. The van der Waals surface area contributed by atoms with Crippen LogP contribution in [0.15, 0.2) is 89.1 Å². The van der Waals surface area contributed by atoms with E-state index in [0.717, 1.165) is 40.8 Å². The third-order valence-electron chi connectivity index (χ3n) is 5.38. The van der Waals surface area contributed by atoms with Crippen LogP contribution in [0, 0.1) is 0 Å². The topological polar surface area (TPSA) is 24.7 Å². The average Bonchev–Trinajstić information content (AvgIpc) is 2.82. The van der Waals surface area contributed by atoms with Gasteiger partial charge in [-0.1, -0.05) is 99.1 Å². The summed E-state index contributed by atoms with van der Waals surface area (Å²) >= 11 is 0. The average molecular weight is 415 g/mol. The molecule has 2 nitrogen and oxygen atoms in total. The zero-order chi connectivity index (χ0) is 21.9. The molecule has 0 saturated carbocycles. The Morgan fingerprint density at radius 3 is 2.26 bits per heavy atom. The Hall–Kier alpha value is -3.07. The quantitative estimate of drug-likeness (QED) is 0.248. The van der Waals surface area contributed by atoms with E-state index in [0.29, 0.717) is 12.8 Å². The van der Waals surface area contributed by atoms with E-state index in [1.807, 2.05) is 73.8 Å². The number of unbranched alkanes of at least 4 members (excludes halogenated alkanes) is 1. The van der Waals surface area contributed by atoms with Crippen molar-refractivity contribution in [2.75, 3.05) is 0 Å². The minimum Gasteiger partial charge on any atom is -0.247 e. The number of hydrogen-bond acceptors (Lipinski definition) is 2. The molecule has 3 aromatic carbocycles. The van der Waals surface area contributed by atoms with E-state index in [-0.39, 0.29) is 0 Å². The molecule has 0 fully saturated rings. The van der Waals surface area contributed by atoms with Crippen LogP contribution in [0.3, 0.4) is 0 Å². The van der Waals surface area contributed by atoms with Crippen molar-refractivity contribution in [2.45, 2.75) is 52.1 Å². The molecule has 0 N–H and O–H groups in total. The smallest absolute Gasteiger partial charge is 0.104 e.